The van der Waals surface area contributed by atoms with Gasteiger partial charge in [-0.25, -0.2) is 26.3 Å². The summed E-state index contributed by atoms with van der Waals surface area (Å²) >= 11 is 0. The molecule has 0 unspecified atom stereocenters. The van der Waals surface area contributed by atoms with Crippen molar-refractivity contribution in [2.45, 2.75) is 20.0 Å². The molecule has 0 fully saturated rings. The van der Waals surface area contributed by atoms with Crippen LogP contribution in [-0.4, -0.2) is 12.9 Å². The molecule has 4 aromatic carbocycles. The molecule has 0 bridgehead atoms. The minimum Gasteiger partial charge on any atom is -0.429 e. The maximum Gasteiger partial charge on any atom is 0.432 e. The van der Waals surface area contributed by atoms with Gasteiger partial charge < -0.3 is 10.1 Å². The minimum atomic E-state index is -4.48. The molecule has 0 heterocycles. The molecule has 0 amide bonds. The molecule has 42 heavy (non-hydrogen) atoms. The minimum absolute atomic E-state index is 0.0636. The predicted octanol–water partition coefficient (Wildman–Crippen LogP) is 9.31. The van der Waals surface area contributed by atoms with Crippen LogP contribution in [0.4, 0.5) is 35.1 Å². The maximum atomic E-state index is 14.3. The van der Waals surface area contributed by atoms with Crippen LogP contribution in [0.5, 0.6) is 5.75 Å². The van der Waals surface area contributed by atoms with Crippen molar-refractivity contribution in [3.63, 3.8) is 0 Å². The van der Waals surface area contributed by atoms with Crippen LogP contribution in [0.25, 0.3) is 16.7 Å². The van der Waals surface area contributed by atoms with Gasteiger partial charge in [-0.3, -0.25) is 4.99 Å². The number of ether oxygens (including phenoxy) is 1. The van der Waals surface area contributed by atoms with E-state index in [1.807, 2.05) is 31.2 Å². The molecule has 0 atom stereocenters. The van der Waals surface area contributed by atoms with Gasteiger partial charge in [0, 0.05) is 29.6 Å². The molecule has 218 valence electrons. The zero-order valence-electron chi connectivity index (χ0n) is 22.1. The molecule has 0 aliphatic carbocycles. The molecule has 0 radical (unpaired) electrons. The van der Waals surface area contributed by atoms with Gasteiger partial charge in [-0.1, -0.05) is 29.8 Å². The number of hydrogen-bond acceptors (Lipinski definition) is 3. The molecule has 0 aliphatic rings. The fourth-order valence-corrected chi connectivity index (χ4v) is 3.72. The van der Waals surface area contributed by atoms with Crippen LogP contribution < -0.4 is 4.74 Å². The molecule has 0 spiro atoms. The van der Waals surface area contributed by atoms with Gasteiger partial charge in [0.15, 0.2) is 17.5 Å². The molecule has 0 saturated heterocycles. The first-order valence-electron chi connectivity index (χ1n) is 12.0. The Morgan fingerprint density at radius 2 is 1.33 bits per heavy atom. The van der Waals surface area contributed by atoms with Crippen LogP contribution in [0.3, 0.4) is 0 Å². The van der Waals surface area contributed by atoms with Crippen molar-refractivity contribution in [2.24, 2.45) is 4.99 Å². The van der Waals surface area contributed by atoms with Crippen molar-refractivity contribution in [3.05, 3.63) is 130 Å². The van der Waals surface area contributed by atoms with Gasteiger partial charge >= 0.3 is 6.11 Å². The second-order valence-corrected chi connectivity index (χ2v) is 8.90. The highest BCUT2D eigenvalue weighted by atomic mass is 19.3. The summed E-state index contributed by atoms with van der Waals surface area (Å²) in [5.41, 5.74) is 0.547. The van der Waals surface area contributed by atoms with Gasteiger partial charge in [0.05, 0.1) is 0 Å². The van der Waals surface area contributed by atoms with E-state index in [1.54, 1.807) is 6.20 Å². The summed E-state index contributed by atoms with van der Waals surface area (Å²) in [6, 6.07) is 12.4. The lowest BCUT2D eigenvalue weighted by atomic mass is 10.0. The fourth-order valence-electron chi connectivity index (χ4n) is 3.72. The van der Waals surface area contributed by atoms with E-state index in [-0.39, 0.29) is 5.56 Å². The maximum absolute atomic E-state index is 14.3. The molecule has 1 N–H and O–H groups in total. The van der Waals surface area contributed by atoms with Crippen molar-refractivity contribution < 1.29 is 39.9 Å². The van der Waals surface area contributed by atoms with Crippen LogP contribution >= 0.6 is 0 Å². The Morgan fingerprint density at radius 3 is 1.83 bits per heavy atom. The fraction of sp³-hybridized carbons (Fsp3) is 0.0968. The average Bonchev–Trinajstić information content (AvgIpc) is 2.90. The van der Waals surface area contributed by atoms with Crippen molar-refractivity contribution >= 4 is 18.5 Å². The zero-order valence-corrected chi connectivity index (χ0v) is 22.1. The second kappa shape index (κ2) is 13.2. The molecule has 0 aromatic heterocycles. The Hall–Kier alpha value is -4.80. The third kappa shape index (κ3) is 7.48. The number of halogens is 8. The highest BCUT2D eigenvalue weighted by Gasteiger charge is 2.41. The lowest BCUT2D eigenvalue weighted by Crippen LogP contribution is -2.25. The van der Waals surface area contributed by atoms with E-state index in [0.29, 0.717) is 30.3 Å². The Balaban J connectivity index is 0.000000312. The van der Waals surface area contributed by atoms with E-state index in [9.17, 15) is 35.1 Å². The number of nitrogens with one attached hydrogen (secondary N) is 1. The summed E-state index contributed by atoms with van der Waals surface area (Å²) < 4.78 is 114. The van der Waals surface area contributed by atoms with Crippen molar-refractivity contribution in [3.8, 4) is 16.9 Å². The molecule has 0 saturated carbocycles. The van der Waals surface area contributed by atoms with Crippen LogP contribution in [0.15, 0.2) is 77.9 Å². The third-order valence-electron chi connectivity index (χ3n) is 5.73. The topological polar surface area (TPSA) is 45.4 Å². The number of rotatable bonds is 7. The molecular formula is C31H22F8N2O. The average molecular weight is 591 g/mol. The molecule has 4 rings (SSSR count). The number of aliphatic imine (C=N–C) groups is 1. The van der Waals surface area contributed by atoms with Crippen LogP contribution in [0.2, 0.25) is 0 Å². The number of hydrogen-bond donors (Lipinski definition) is 1. The van der Waals surface area contributed by atoms with E-state index in [4.69, 9.17) is 5.41 Å². The number of nitrogens with zero attached hydrogens (tertiary/aromatic N) is 1. The van der Waals surface area contributed by atoms with E-state index in [0.717, 1.165) is 23.3 Å². The molecule has 11 heteroatoms. The van der Waals surface area contributed by atoms with Gasteiger partial charge in [0.25, 0.3) is 0 Å². The largest absolute Gasteiger partial charge is 0.432 e. The van der Waals surface area contributed by atoms with E-state index < -0.39 is 63.5 Å². The van der Waals surface area contributed by atoms with Crippen molar-refractivity contribution in [1.82, 2.24) is 0 Å². The van der Waals surface area contributed by atoms with Gasteiger partial charge in [-0.05, 0) is 73.7 Å². The van der Waals surface area contributed by atoms with Gasteiger partial charge in [0.2, 0.25) is 0 Å². The van der Waals surface area contributed by atoms with Crippen molar-refractivity contribution in [2.75, 3.05) is 0 Å². The van der Waals surface area contributed by atoms with Crippen molar-refractivity contribution in [1.29, 1.82) is 5.41 Å². The standard InChI is InChI=1S/C20H10F8O.C11H12N2/c1-9-4-14(22)18(15(23)5-9)20(27,28)29-11-2-3-12(13(21)8-11)10-6-16(24)19(26)17(25)7-10;1-9-3-5-10(6-4-9)11(7-12)8-13-2/h2-8H,1H3;3-8,12H,2H2,1H3/b;11-8+,12-7?. The molecular weight excluding hydrogens is 568 g/mol. The highest BCUT2D eigenvalue weighted by molar-refractivity contribution is 6.08. The Labute approximate surface area is 235 Å². The van der Waals surface area contributed by atoms with Crippen LogP contribution in [-0.2, 0) is 6.11 Å². The van der Waals surface area contributed by atoms with Crippen LogP contribution in [0.1, 0.15) is 22.3 Å². The molecule has 3 nitrogen and oxygen atoms in total. The second-order valence-electron chi connectivity index (χ2n) is 8.90. The Kier molecular flexibility index (Phi) is 10.0. The summed E-state index contributed by atoms with van der Waals surface area (Å²) in [7, 11) is 0. The summed E-state index contributed by atoms with van der Waals surface area (Å²) in [4.78, 5) is 3.64. The first kappa shape index (κ1) is 31.7. The summed E-state index contributed by atoms with van der Waals surface area (Å²) in [6.45, 7) is 6.69. The van der Waals surface area contributed by atoms with E-state index >= 15 is 0 Å². The van der Waals surface area contributed by atoms with Crippen LogP contribution in [0, 0.1) is 54.2 Å². The summed E-state index contributed by atoms with van der Waals surface area (Å²) in [5.74, 6) is -10.1. The predicted molar refractivity (Wildman–Crippen MR) is 145 cm³/mol. The molecule has 4 aromatic rings. The Bertz CT molecular complexity index is 1600. The first-order valence-corrected chi connectivity index (χ1v) is 12.0. The number of aryl methyl sites for hydroxylation is 2. The normalized spacial score (nSPS) is 11.4. The van der Waals surface area contributed by atoms with E-state index in [2.05, 4.69) is 16.4 Å². The number of allylic oxidation sites excluding steroid dienone is 1. The smallest absolute Gasteiger partial charge is 0.429 e. The number of benzene rings is 4. The highest BCUT2D eigenvalue weighted by Crippen LogP contribution is 2.37. The Morgan fingerprint density at radius 1 is 0.762 bits per heavy atom. The SMILES string of the molecule is C=N/C=C(\C=N)c1ccc(C)cc1.Cc1cc(F)c(C(F)(F)Oc2ccc(-c3cc(F)c(F)c(F)c3)c(F)c2)c(F)c1. The monoisotopic (exact) mass is 590 g/mol. The first-order chi connectivity index (χ1) is 19.8. The molecule has 0 aliphatic heterocycles. The third-order valence-corrected chi connectivity index (χ3v) is 5.73. The zero-order chi connectivity index (χ0) is 31.2. The quantitative estimate of drug-likeness (QED) is 0.130. The summed E-state index contributed by atoms with van der Waals surface area (Å²) in [5, 5.41) is 7.17. The van der Waals surface area contributed by atoms with Gasteiger partial charge in [0.1, 0.15) is 28.8 Å². The van der Waals surface area contributed by atoms with Gasteiger partial charge in [-0.15, -0.1) is 0 Å². The lowest BCUT2D eigenvalue weighted by Gasteiger charge is -2.20. The number of alkyl halides is 2. The van der Waals surface area contributed by atoms with E-state index in [1.165, 1.54) is 18.7 Å². The van der Waals surface area contributed by atoms with Gasteiger partial charge in [-0.2, -0.15) is 8.78 Å². The summed E-state index contributed by atoms with van der Waals surface area (Å²) in [6.07, 6.45) is -1.62. The lowest BCUT2D eigenvalue weighted by molar-refractivity contribution is -0.189.